The van der Waals surface area contributed by atoms with Gasteiger partial charge in [0.05, 0.1) is 19.8 Å². The predicted octanol–water partition coefficient (Wildman–Crippen LogP) is 2.12. The van der Waals surface area contributed by atoms with E-state index in [4.69, 9.17) is 9.47 Å². The molecule has 0 bridgehead atoms. The number of esters is 1. The van der Waals surface area contributed by atoms with Crippen molar-refractivity contribution in [3.05, 3.63) is 0 Å². The van der Waals surface area contributed by atoms with Gasteiger partial charge >= 0.3 is 5.97 Å². The summed E-state index contributed by atoms with van der Waals surface area (Å²) in [6.45, 7) is 7.14. The van der Waals surface area contributed by atoms with Crippen LogP contribution in [-0.4, -0.2) is 37.9 Å². The van der Waals surface area contributed by atoms with Crippen LogP contribution in [-0.2, 0) is 14.3 Å². The summed E-state index contributed by atoms with van der Waals surface area (Å²) in [7, 11) is 1.42. The Morgan fingerprint density at radius 3 is 2.61 bits per heavy atom. The number of hydrogen-bond acceptors (Lipinski definition) is 4. The highest BCUT2D eigenvalue weighted by Crippen LogP contribution is 2.27. The van der Waals surface area contributed by atoms with Gasteiger partial charge in [-0.3, -0.25) is 0 Å². The third-order valence-corrected chi connectivity index (χ3v) is 3.82. The first-order chi connectivity index (χ1) is 8.53. The fourth-order valence-corrected chi connectivity index (χ4v) is 2.60. The van der Waals surface area contributed by atoms with E-state index in [1.807, 2.05) is 13.8 Å². The van der Waals surface area contributed by atoms with Crippen molar-refractivity contribution in [2.24, 2.45) is 5.92 Å². The number of carbonyl (C=O) groups excluding carboxylic acids is 1. The van der Waals surface area contributed by atoms with Crippen LogP contribution in [0.3, 0.4) is 0 Å². The van der Waals surface area contributed by atoms with Crippen molar-refractivity contribution in [3.63, 3.8) is 0 Å². The third-order valence-electron chi connectivity index (χ3n) is 3.82. The van der Waals surface area contributed by atoms with Crippen LogP contribution in [0.5, 0.6) is 0 Å². The first kappa shape index (κ1) is 15.4. The van der Waals surface area contributed by atoms with E-state index in [9.17, 15) is 4.79 Å². The minimum absolute atomic E-state index is 0.257. The maximum absolute atomic E-state index is 11.8. The molecule has 1 rings (SSSR count). The molecular formula is C14H27NO3. The summed E-state index contributed by atoms with van der Waals surface area (Å²) in [6, 6.07) is 0. The quantitative estimate of drug-likeness (QED) is 0.740. The van der Waals surface area contributed by atoms with Gasteiger partial charge in [-0.1, -0.05) is 26.7 Å². The number of ether oxygens (including phenoxy) is 2. The molecule has 4 nitrogen and oxygen atoms in total. The molecule has 1 N–H and O–H groups in total. The van der Waals surface area contributed by atoms with Gasteiger partial charge < -0.3 is 14.8 Å². The van der Waals surface area contributed by atoms with Crippen molar-refractivity contribution in [1.82, 2.24) is 5.32 Å². The van der Waals surface area contributed by atoms with Crippen LogP contribution < -0.4 is 5.32 Å². The van der Waals surface area contributed by atoms with E-state index in [0.29, 0.717) is 12.5 Å². The zero-order valence-corrected chi connectivity index (χ0v) is 12.1. The normalized spacial score (nSPS) is 27.6. The Morgan fingerprint density at radius 1 is 1.39 bits per heavy atom. The summed E-state index contributed by atoms with van der Waals surface area (Å²) in [5.41, 5.74) is -0.735. The minimum Gasteiger partial charge on any atom is -0.468 e. The molecule has 0 saturated heterocycles. The molecule has 0 aliphatic heterocycles. The van der Waals surface area contributed by atoms with Crippen LogP contribution in [0, 0.1) is 5.92 Å². The lowest BCUT2D eigenvalue weighted by Gasteiger charge is -2.33. The van der Waals surface area contributed by atoms with E-state index in [1.165, 1.54) is 26.4 Å². The molecular weight excluding hydrogens is 230 g/mol. The summed E-state index contributed by atoms with van der Waals surface area (Å²) in [5.74, 6) is 0.329. The molecule has 1 saturated carbocycles. The van der Waals surface area contributed by atoms with Crippen molar-refractivity contribution in [2.75, 3.05) is 20.3 Å². The standard InChI is InChI=1S/C14H27NO3/c1-5-15-14(3,13(16)17-4)10-18-12-9-7-6-8-11(12)2/h11-12,15H,5-10H2,1-4H3. The van der Waals surface area contributed by atoms with Crippen LogP contribution in [0.25, 0.3) is 0 Å². The minimum atomic E-state index is -0.735. The van der Waals surface area contributed by atoms with Gasteiger partial charge in [-0.2, -0.15) is 0 Å². The first-order valence-corrected chi connectivity index (χ1v) is 6.98. The van der Waals surface area contributed by atoms with Crippen LogP contribution in [0.1, 0.15) is 46.5 Å². The van der Waals surface area contributed by atoms with Crippen molar-refractivity contribution >= 4 is 5.97 Å². The van der Waals surface area contributed by atoms with Crippen molar-refractivity contribution in [1.29, 1.82) is 0 Å². The van der Waals surface area contributed by atoms with E-state index in [1.54, 1.807) is 0 Å². The first-order valence-electron chi connectivity index (χ1n) is 6.98. The van der Waals surface area contributed by atoms with Crippen molar-refractivity contribution in [2.45, 2.75) is 58.1 Å². The van der Waals surface area contributed by atoms with Gasteiger partial charge in [-0.25, -0.2) is 4.79 Å². The van der Waals surface area contributed by atoms with E-state index in [0.717, 1.165) is 13.0 Å². The molecule has 0 amide bonds. The number of likely N-dealkylation sites (N-methyl/N-ethyl adjacent to an activating group) is 1. The molecule has 3 atom stereocenters. The molecule has 1 aliphatic rings. The fraction of sp³-hybridized carbons (Fsp3) is 0.929. The molecule has 1 fully saturated rings. The molecule has 0 radical (unpaired) electrons. The monoisotopic (exact) mass is 257 g/mol. The lowest BCUT2D eigenvalue weighted by molar-refractivity contribution is -0.152. The molecule has 0 heterocycles. The van der Waals surface area contributed by atoms with Crippen molar-refractivity contribution < 1.29 is 14.3 Å². The van der Waals surface area contributed by atoms with Gasteiger partial charge in [0.1, 0.15) is 5.54 Å². The van der Waals surface area contributed by atoms with Gasteiger partial charge in [0, 0.05) is 0 Å². The van der Waals surface area contributed by atoms with E-state index >= 15 is 0 Å². The van der Waals surface area contributed by atoms with Gasteiger partial charge in [0.2, 0.25) is 0 Å². The number of methoxy groups -OCH3 is 1. The van der Waals surface area contributed by atoms with Crippen LogP contribution >= 0.6 is 0 Å². The average molecular weight is 257 g/mol. The number of hydrogen-bond donors (Lipinski definition) is 1. The molecule has 3 unspecified atom stereocenters. The Bertz CT molecular complexity index is 270. The summed E-state index contributed by atoms with van der Waals surface area (Å²) >= 11 is 0. The van der Waals surface area contributed by atoms with Gasteiger partial charge in [0.15, 0.2) is 0 Å². The highest BCUT2D eigenvalue weighted by Gasteiger charge is 2.35. The molecule has 18 heavy (non-hydrogen) atoms. The Morgan fingerprint density at radius 2 is 2.06 bits per heavy atom. The predicted molar refractivity (Wildman–Crippen MR) is 71.5 cm³/mol. The average Bonchev–Trinajstić information content (AvgIpc) is 2.37. The zero-order chi connectivity index (χ0) is 13.6. The molecule has 0 aromatic rings. The number of nitrogens with one attached hydrogen (secondary N) is 1. The Hall–Kier alpha value is -0.610. The second-order valence-corrected chi connectivity index (χ2v) is 5.47. The van der Waals surface area contributed by atoms with Crippen LogP contribution in [0.2, 0.25) is 0 Å². The maximum Gasteiger partial charge on any atom is 0.328 e. The highest BCUT2D eigenvalue weighted by molar-refractivity contribution is 5.80. The molecule has 0 aromatic heterocycles. The van der Waals surface area contributed by atoms with Crippen molar-refractivity contribution in [3.8, 4) is 0 Å². The third kappa shape index (κ3) is 3.95. The molecule has 106 valence electrons. The number of rotatable bonds is 6. The lowest BCUT2D eigenvalue weighted by atomic mass is 9.88. The molecule has 4 heteroatoms. The lowest BCUT2D eigenvalue weighted by Crippen LogP contribution is -2.54. The van der Waals surface area contributed by atoms with Gasteiger partial charge in [0.25, 0.3) is 0 Å². The Kier molecular flexibility index (Phi) is 6.09. The largest absolute Gasteiger partial charge is 0.468 e. The Labute approximate surface area is 110 Å². The summed E-state index contributed by atoms with van der Waals surface area (Å²) < 4.78 is 10.8. The number of carbonyl (C=O) groups is 1. The molecule has 0 spiro atoms. The highest BCUT2D eigenvalue weighted by atomic mass is 16.5. The van der Waals surface area contributed by atoms with Gasteiger partial charge in [-0.05, 0) is 32.2 Å². The summed E-state index contributed by atoms with van der Waals surface area (Å²) in [6.07, 6.45) is 5.13. The summed E-state index contributed by atoms with van der Waals surface area (Å²) in [4.78, 5) is 11.8. The molecule has 0 aromatic carbocycles. The van der Waals surface area contributed by atoms with Gasteiger partial charge in [-0.15, -0.1) is 0 Å². The second kappa shape index (κ2) is 7.10. The maximum atomic E-state index is 11.8. The zero-order valence-electron chi connectivity index (χ0n) is 12.1. The fourth-order valence-electron chi connectivity index (χ4n) is 2.60. The smallest absolute Gasteiger partial charge is 0.328 e. The summed E-state index contributed by atoms with van der Waals surface area (Å²) in [5, 5.41) is 3.16. The van der Waals surface area contributed by atoms with E-state index in [2.05, 4.69) is 12.2 Å². The molecule has 1 aliphatic carbocycles. The van der Waals surface area contributed by atoms with E-state index < -0.39 is 5.54 Å². The SMILES string of the molecule is CCNC(C)(COC1CCCCC1C)C(=O)OC. The van der Waals surface area contributed by atoms with Crippen LogP contribution in [0.15, 0.2) is 0 Å². The van der Waals surface area contributed by atoms with E-state index in [-0.39, 0.29) is 12.1 Å². The Balaban J connectivity index is 2.53. The topological polar surface area (TPSA) is 47.6 Å². The second-order valence-electron chi connectivity index (χ2n) is 5.47. The van der Waals surface area contributed by atoms with Crippen LogP contribution in [0.4, 0.5) is 0 Å².